The van der Waals surface area contributed by atoms with Crippen molar-refractivity contribution in [3.63, 3.8) is 0 Å². The molecule has 1 aliphatic heterocycles. The summed E-state index contributed by atoms with van der Waals surface area (Å²) < 4.78 is 7.03. The molecule has 26 heavy (non-hydrogen) atoms. The van der Waals surface area contributed by atoms with Gasteiger partial charge < -0.3 is 30.5 Å². The van der Waals surface area contributed by atoms with Gasteiger partial charge in [0, 0.05) is 0 Å². The molecule has 11 heteroatoms. The SMILES string of the molecule is CSCC[C@@H](CO)Nc1ncnc2c1ncn2[C@@H]1O[C@H](CO)C(O)[C@@H]1O. The molecule has 0 spiro atoms. The van der Waals surface area contributed by atoms with Crippen LogP contribution < -0.4 is 5.32 Å². The highest BCUT2D eigenvalue weighted by Crippen LogP contribution is 2.32. The van der Waals surface area contributed by atoms with Gasteiger partial charge in [-0.2, -0.15) is 11.8 Å². The number of imidazole rings is 1. The van der Waals surface area contributed by atoms with Gasteiger partial charge in [-0.25, -0.2) is 15.0 Å². The van der Waals surface area contributed by atoms with Crippen LogP contribution in [0.4, 0.5) is 5.82 Å². The molecule has 0 aliphatic carbocycles. The van der Waals surface area contributed by atoms with Crippen LogP contribution in [0.2, 0.25) is 0 Å². The molecular weight excluding hydrogens is 362 g/mol. The topological polar surface area (TPSA) is 146 Å². The molecule has 0 aromatic carbocycles. The molecule has 2 aromatic heterocycles. The Morgan fingerprint density at radius 1 is 1.27 bits per heavy atom. The average molecular weight is 385 g/mol. The van der Waals surface area contributed by atoms with E-state index in [1.807, 2.05) is 6.26 Å². The number of thioether (sulfide) groups is 1. The lowest BCUT2D eigenvalue weighted by atomic mass is 10.1. The summed E-state index contributed by atoms with van der Waals surface area (Å²) in [5, 5.41) is 42.1. The maximum absolute atomic E-state index is 10.2. The van der Waals surface area contributed by atoms with E-state index in [0.717, 1.165) is 12.2 Å². The number of rotatable bonds is 8. The molecule has 1 aliphatic rings. The highest BCUT2D eigenvalue weighted by atomic mass is 32.2. The first-order chi connectivity index (χ1) is 12.6. The third kappa shape index (κ3) is 3.63. The Morgan fingerprint density at radius 3 is 2.73 bits per heavy atom. The summed E-state index contributed by atoms with van der Waals surface area (Å²) in [6.07, 6.45) is 1.35. The minimum absolute atomic E-state index is 0.0401. The summed E-state index contributed by atoms with van der Waals surface area (Å²) in [6, 6.07) is -0.167. The molecule has 0 amide bonds. The van der Waals surface area contributed by atoms with Crippen molar-refractivity contribution in [1.82, 2.24) is 19.5 Å². The number of hydrogen-bond acceptors (Lipinski definition) is 10. The minimum atomic E-state index is -1.22. The lowest BCUT2D eigenvalue weighted by molar-refractivity contribution is -0.0511. The second kappa shape index (κ2) is 8.46. The Kier molecular flexibility index (Phi) is 6.27. The second-order valence-electron chi connectivity index (χ2n) is 6.08. The van der Waals surface area contributed by atoms with Gasteiger partial charge in [-0.05, 0) is 18.4 Å². The first-order valence-corrected chi connectivity index (χ1v) is 9.66. The molecule has 0 saturated carbocycles. The predicted molar refractivity (Wildman–Crippen MR) is 95.8 cm³/mol. The lowest BCUT2D eigenvalue weighted by Crippen LogP contribution is -2.33. The zero-order valence-electron chi connectivity index (χ0n) is 14.3. The number of aliphatic hydroxyl groups excluding tert-OH is 4. The summed E-state index contributed by atoms with van der Waals surface area (Å²) in [6.45, 7) is -0.446. The van der Waals surface area contributed by atoms with Crippen molar-refractivity contribution in [2.45, 2.75) is 37.0 Å². The summed E-state index contributed by atoms with van der Waals surface area (Å²) in [5.41, 5.74) is 0.881. The largest absolute Gasteiger partial charge is 0.394 e. The summed E-state index contributed by atoms with van der Waals surface area (Å²) in [7, 11) is 0. The van der Waals surface area contributed by atoms with E-state index < -0.39 is 31.1 Å². The van der Waals surface area contributed by atoms with E-state index in [1.165, 1.54) is 17.2 Å². The first-order valence-electron chi connectivity index (χ1n) is 8.27. The zero-order chi connectivity index (χ0) is 18.7. The standard InChI is InChI=1S/C15H23N5O5S/c1-26-3-2-8(4-21)19-13-10-14(17-6-16-13)20(7-18-10)15-12(24)11(23)9(5-22)25-15/h6-9,11-12,15,21-24H,2-5H2,1H3,(H,16,17,19)/t8-,9+,11?,12-,15+/m0/s1. The maximum Gasteiger partial charge on any atom is 0.167 e. The molecular formula is C15H23N5O5S. The average Bonchev–Trinajstić information content (AvgIpc) is 3.21. The molecule has 144 valence electrons. The lowest BCUT2D eigenvalue weighted by Gasteiger charge is -2.18. The van der Waals surface area contributed by atoms with Crippen LogP contribution in [0.3, 0.4) is 0 Å². The van der Waals surface area contributed by atoms with Crippen molar-refractivity contribution in [2.24, 2.45) is 0 Å². The van der Waals surface area contributed by atoms with Crippen LogP contribution in [0.15, 0.2) is 12.7 Å². The zero-order valence-corrected chi connectivity index (χ0v) is 15.1. The number of anilines is 1. The second-order valence-corrected chi connectivity index (χ2v) is 7.07. The van der Waals surface area contributed by atoms with Crippen molar-refractivity contribution < 1.29 is 25.2 Å². The van der Waals surface area contributed by atoms with Crippen LogP contribution in [0.5, 0.6) is 0 Å². The Labute approximate surface area is 154 Å². The Hall–Kier alpha value is -1.50. The molecule has 3 heterocycles. The van der Waals surface area contributed by atoms with Crippen LogP contribution in [-0.2, 0) is 4.74 Å². The predicted octanol–water partition coefficient (Wildman–Crippen LogP) is -1.04. The fourth-order valence-electron chi connectivity index (χ4n) is 2.92. The van der Waals surface area contributed by atoms with Gasteiger partial charge in [0.2, 0.25) is 0 Å². The minimum Gasteiger partial charge on any atom is -0.394 e. The molecule has 2 aromatic rings. The molecule has 10 nitrogen and oxygen atoms in total. The Morgan fingerprint density at radius 2 is 2.08 bits per heavy atom. The van der Waals surface area contributed by atoms with Crippen molar-refractivity contribution in [3.05, 3.63) is 12.7 Å². The van der Waals surface area contributed by atoms with Gasteiger partial charge in [0.25, 0.3) is 0 Å². The van der Waals surface area contributed by atoms with Crippen LogP contribution in [-0.4, -0.2) is 89.5 Å². The van der Waals surface area contributed by atoms with Gasteiger partial charge in [-0.15, -0.1) is 0 Å². The van der Waals surface area contributed by atoms with Crippen LogP contribution in [0, 0.1) is 0 Å². The molecule has 5 atom stereocenters. The normalized spacial score (nSPS) is 27.1. The highest BCUT2D eigenvalue weighted by Gasteiger charge is 2.44. The van der Waals surface area contributed by atoms with Crippen LogP contribution >= 0.6 is 11.8 Å². The fraction of sp³-hybridized carbons (Fsp3) is 0.667. The molecule has 1 fully saturated rings. The first kappa shape index (κ1) is 19.3. The van der Waals surface area contributed by atoms with Crippen molar-refractivity contribution >= 4 is 28.7 Å². The molecule has 0 bridgehead atoms. The molecule has 1 saturated heterocycles. The van der Waals surface area contributed by atoms with Gasteiger partial charge in [-0.1, -0.05) is 0 Å². The van der Waals surface area contributed by atoms with Gasteiger partial charge >= 0.3 is 0 Å². The van der Waals surface area contributed by atoms with Crippen molar-refractivity contribution in [3.8, 4) is 0 Å². The quantitative estimate of drug-likeness (QED) is 0.382. The van der Waals surface area contributed by atoms with E-state index in [4.69, 9.17) is 4.74 Å². The third-order valence-electron chi connectivity index (χ3n) is 4.38. The maximum atomic E-state index is 10.2. The fourth-order valence-corrected chi connectivity index (χ4v) is 3.44. The highest BCUT2D eigenvalue weighted by molar-refractivity contribution is 7.98. The number of aromatic nitrogens is 4. The van der Waals surface area contributed by atoms with Crippen LogP contribution in [0.25, 0.3) is 11.2 Å². The third-order valence-corrected chi connectivity index (χ3v) is 5.03. The van der Waals surface area contributed by atoms with E-state index in [0.29, 0.717) is 17.0 Å². The smallest absolute Gasteiger partial charge is 0.167 e. The van der Waals surface area contributed by atoms with Gasteiger partial charge in [0.05, 0.1) is 25.6 Å². The number of nitrogens with one attached hydrogen (secondary N) is 1. The van der Waals surface area contributed by atoms with Crippen molar-refractivity contribution in [2.75, 3.05) is 30.5 Å². The Balaban J connectivity index is 1.87. The number of ether oxygens (including phenoxy) is 1. The molecule has 0 radical (unpaired) electrons. The Bertz CT molecular complexity index is 732. The van der Waals surface area contributed by atoms with Gasteiger partial charge in [-0.3, -0.25) is 4.57 Å². The number of fused-ring (bicyclic) bond motifs is 1. The van der Waals surface area contributed by atoms with Crippen molar-refractivity contribution in [1.29, 1.82) is 0 Å². The summed E-state index contributed by atoms with van der Waals surface area (Å²) >= 11 is 1.69. The number of aliphatic hydroxyl groups is 4. The van der Waals surface area contributed by atoms with E-state index >= 15 is 0 Å². The summed E-state index contributed by atoms with van der Waals surface area (Å²) in [4.78, 5) is 12.7. The van der Waals surface area contributed by atoms with E-state index in [1.54, 1.807) is 11.8 Å². The van der Waals surface area contributed by atoms with Gasteiger partial charge in [0.1, 0.15) is 24.6 Å². The number of nitrogens with zero attached hydrogens (tertiary/aromatic N) is 4. The molecule has 5 N–H and O–H groups in total. The molecule has 1 unspecified atom stereocenters. The van der Waals surface area contributed by atoms with Crippen LogP contribution in [0.1, 0.15) is 12.6 Å². The van der Waals surface area contributed by atoms with E-state index in [9.17, 15) is 20.4 Å². The monoisotopic (exact) mass is 385 g/mol. The summed E-state index contributed by atoms with van der Waals surface area (Å²) in [5.74, 6) is 1.37. The van der Waals surface area contributed by atoms with E-state index in [-0.39, 0.29) is 12.6 Å². The number of hydrogen-bond donors (Lipinski definition) is 5. The van der Waals surface area contributed by atoms with E-state index in [2.05, 4.69) is 20.3 Å². The van der Waals surface area contributed by atoms with Gasteiger partial charge in [0.15, 0.2) is 23.2 Å². The molecule has 3 rings (SSSR count).